The highest BCUT2D eigenvalue weighted by atomic mass is 32.2. The van der Waals surface area contributed by atoms with E-state index >= 15 is 0 Å². The van der Waals surface area contributed by atoms with Crippen LogP contribution in [0.15, 0.2) is 42.5 Å². The summed E-state index contributed by atoms with van der Waals surface area (Å²) in [5, 5.41) is 8.99. The van der Waals surface area contributed by atoms with E-state index in [-0.39, 0.29) is 23.8 Å². The molecule has 0 saturated carbocycles. The quantitative estimate of drug-likeness (QED) is 0.536. The van der Waals surface area contributed by atoms with Crippen LogP contribution in [0, 0.1) is 18.7 Å². The first kappa shape index (κ1) is 23.3. The Morgan fingerprint density at radius 2 is 1.84 bits per heavy atom. The lowest BCUT2D eigenvalue weighted by Gasteiger charge is -2.31. The van der Waals surface area contributed by atoms with Crippen LogP contribution in [0.25, 0.3) is 11.1 Å². The average Bonchev–Trinajstić information content (AvgIpc) is 2.76. The number of halogens is 1. The average molecular weight is 450 g/mol. The first-order valence-corrected chi connectivity index (χ1v) is 11.9. The minimum Gasteiger partial charge on any atom is -0.395 e. The maximum Gasteiger partial charge on any atom is 0.269 e. The molecule has 0 atom stereocenters. The largest absolute Gasteiger partial charge is 0.395 e. The molecule has 3 rings (SSSR count). The van der Waals surface area contributed by atoms with Gasteiger partial charge in [-0.05, 0) is 67.6 Å². The number of aryl methyl sites for hydroxylation is 1. The maximum absolute atomic E-state index is 14.6. The maximum atomic E-state index is 14.6. The van der Waals surface area contributed by atoms with Crippen LogP contribution in [-0.2, 0) is 10.0 Å². The number of aliphatic hydroxyl groups is 1. The minimum atomic E-state index is -3.77. The number of sulfonamides is 1. The highest BCUT2D eigenvalue weighted by Gasteiger charge is 2.25. The van der Waals surface area contributed by atoms with E-state index in [0.717, 1.165) is 18.7 Å². The molecule has 7 nitrogen and oxygen atoms in total. The lowest BCUT2D eigenvalue weighted by molar-refractivity contribution is 0.0940. The SMILES string of the molecule is Cc1cc(-c2ccccc2)cc(C(=O)NNS(=O)(=O)CC2CCN(CCO)CC2)c1F. The van der Waals surface area contributed by atoms with Crippen molar-refractivity contribution >= 4 is 15.9 Å². The zero-order valence-corrected chi connectivity index (χ0v) is 18.3. The molecule has 0 aromatic heterocycles. The summed E-state index contributed by atoms with van der Waals surface area (Å²) in [6, 6.07) is 12.3. The van der Waals surface area contributed by atoms with Gasteiger partial charge in [-0.15, -0.1) is 4.83 Å². The molecule has 2 aromatic carbocycles. The topological polar surface area (TPSA) is 98.7 Å². The van der Waals surface area contributed by atoms with E-state index in [2.05, 4.69) is 15.2 Å². The number of β-amino-alcohol motifs (C(OH)–C–C–N with tert-alkyl or cyclic N) is 1. The fraction of sp³-hybridized carbons (Fsp3) is 0.409. The molecule has 1 fully saturated rings. The van der Waals surface area contributed by atoms with E-state index < -0.39 is 21.7 Å². The standard InChI is InChI=1S/C22H28FN3O4S/c1-16-13-19(18-5-3-2-4-6-18)14-20(21(16)23)22(28)24-25-31(29,30)15-17-7-9-26(10-8-17)11-12-27/h2-6,13-14,17,25,27H,7-12,15H2,1H3,(H,24,28). The summed E-state index contributed by atoms with van der Waals surface area (Å²) in [6.45, 7) is 3.68. The molecule has 1 aliphatic rings. The molecule has 0 unspecified atom stereocenters. The number of piperidine rings is 1. The number of hydrazine groups is 1. The molecule has 9 heteroatoms. The smallest absolute Gasteiger partial charge is 0.269 e. The molecule has 31 heavy (non-hydrogen) atoms. The molecular formula is C22H28FN3O4S. The van der Waals surface area contributed by atoms with Crippen LogP contribution in [0.1, 0.15) is 28.8 Å². The van der Waals surface area contributed by atoms with Crippen LogP contribution in [-0.4, -0.2) is 56.3 Å². The molecule has 168 valence electrons. The van der Waals surface area contributed by atoms with E-state index in [9.17, 15) is 17.6 Å². The molecule has 2 aromatic rings. The first-order valence-electron chi connectivity index (χ1n) is 10.3. The van der Waals surface area contributed by atoms with E-state index in [1.54, 1.807) is 13.0 Å². The summed E-state index contributed by atoms with van der Waals surface area (Å²) in [7, 11) is -3.77. The Hall–Kier alpha value is -2.33. The second-order valence-electron chi connectivity index (χ2n) is 7.87. The Bertz CT molecular complexity index is 1010. The number of nitrogens with zero attached hydrogens (tertiary/aromatic N) is 1. The zero-order chi connectivity index (χ0) is 22.4. The van der Waals surface area contributed by atoms with Gasteiger partial charge in [0, 0.05) is 6.54 Å². The third-order valence-corrected chi connectivity index (χ3v) is 6.83. The number of nitrogens with one attached hydrogen (secondary N) is 2. The van der Waals surface area contributed by atoms with Crippen molar-refractivity contribution in [3.63, 3.8) is 0 Å². The number of likely N-dealkylation sites (tertiary alicyclic amines) is 1. The van der Waals surface area contributed by atoms with Gasteiger partial charge in [0.1, 0.15) is 5.82 Å². The Labute approximate surface area is 182 Å². The molecule has 0 radical (unpaired) electrons. The number of rotatable bonds is 8. The minimum absolute atomic E-state index is 0.0373. The predicted molar refractivity (Wildman–Crippen MR) is 117 cm³/mol. The molecule has 0 bridgehead atoms. The van der Waals surface area contributed by atoms with Gasteiger partial charge in [-0.2, -0.15) is 0 Å². The van der Waals surface area contributed by atoms with E-state index in [0.29, 0.717) is 30.5 Å². The second kappa shape index (κ2) is 10.3. The van der Waals surface area contributed by atoms with Crippen molar-refractivity contribution in [3.8, 4) is 11.1 Å². The van der Waals surface area contributed by atoms with Gasteiger partial charge < -0.3 is 10.0 Å². The monoisotopic (exact) mass is 449 g/mol. The number of carbonyl (C=O) groups is 1. The third-order valence-electron chi connectivity index (χ3n) is 5.50. The fourth-order valence-electron chi connectivity index (χ4n) is 3.79. The molecule has 1 aliphatic heterocycles. The number of benzene rings is 2. The van der Waals surface area contributed by atoms with Crippen LogP contribution in [0.3, 0.4) is 0 Å². The van der Waals surface area contributed by atoms with Gasteiger partial charge in [0.15, 0.2) is 0 Å². The zero-order valence-electron chi connectivity index (χ0n) is 17.5. The molecular weight excluding hydrogens is 421 g/mol. The van der Waals surface area contributed by atoms with E-state index in [1.807, 2.05) is 30.3 Å². The molecule has 1 amide bonds. The Kier molecular flexibility index (Phi) is 7.77. The first-order chi connectivity index (χ1) is 14.8. The summed E-state index contributed by atoms with van der Waals surface area (Å²) in [5.41, 5.74) is 3.71. The summed E-state index contributed by atoms with van der Waals surface area (Å²) < 4.78 is 39.4. The fourth-order valence-corrected chi connectivity index (χ4v) is 5.08. The lowest BCUT2D eigenvalue weighted by atomic mass is 9.99. The van der Waals surface area contributed by atoms with Crippen molar-refractivity contribution in [1.29, 1.82) is 0 Å². The number of amides is 1. The van der Waals surface area contributed by atoms with Crippen molar-refractivity contribution in [2.45, 2.75) is 19.8 Å². The lowest BCUT2D eigenvalue weighted by Crippen LogP contribution is -2.45. The summed E-state index contributed by atoms with van der Waals surface area (Å²) in [5.74, 6) is -1.69. The normalized spacial score (nSPS) is 15.7. The van der Waals surface area contributed by atoms with Crippen molar-refractivity contribution in [1.82, 2.24) is 15.2 Å². The van der Waals surface area contributed by atoms with Gasteiger partial charge >= 0.3 is 0 Å². The van der Waals surface area contributed by atoms with Gasteiger partial charge in [0.05, 0.1) is 17.9 Å². The van der Waals surface area contributed by atoms with Gasteiger partial charge in [-0.25, -0.2) is 12.8 Å². The number of hydrogen-bond acceptors (Lipinski definition) is 5. The van der Waals surface area contributed by atoms with Crippen molar-refractivity contribution in [2.24, 2.45) is 5.92 Å². The van der Waals surface area contributed by atoms with Crippen molar-refractivity contribution in [3.05, 3.63) is 59.4 Å². The molecule has 0 aliphatic carbocycles. The Morgan fingerprint density at radius 3 is 2.48 bits per heavy atom. The summed E-state index contributed by atoms with van der Waals surface area (Å²) in [4.78, 5) is 16.7. The van der Waals surface area contributed by atoms with Crippen LogP contribution < -0.4 is 10.3 Å². The molecule has 1 heterocycles. The third kappa shape index (κ3) is 6.33. The highest BCUT2D eigenvalue weighted by Crippen LogP contribution is 2.25. The summed E-state index contributed by atoms with van der Waals surface area (Å²) in [6.07, 6.45) is 1.39. The van der Waals surface area contributed by atoms with Crippen LogP contribution in [0.4, 0.5) is 4.39 Å². The van der Waals surface area contributed by atoms with Crippen LogP contribution in [0.5, 0.6) is 0 Å². The van der Waals surface area contributed by atoms with Crippen molar-refractivity contribution in [2.75, 3.05) is 32.0 Å². The van der Waals surface area contributed by atoms with E-state index in [1.165, 1.54) is 6.07 Å². The number of aliphatic hydroxyl groups excluding tert-OH is 1. The Morgan fingerprint density at radius 1 is 1.16 bits per heavy atom. The van der Waals surface area contributed by atoms with Gasteiger partial charge in [0.2, 0.25) is 10.0 Å². The van der Waals surface area contributed by atoms with E-state index in [4.69, 9.17) is 5.11 Å². The molecule has 0 spiro atoms. The Balaban J connectivity index is 1.63. The van der Waals surface area contributed by atoms with Crippen LogP contribution in [0.2, 0.25) is 0 Å². The van der Waals surface area contributed by atoms with Gasteiger partial charge in [-0.1, -0.05) is 30.3 Å². The predicted octanol–water partition coefficient (Wildman–Crippen LogP) is 2.07. The van der Waals surface area contributed by atoms with Gasteiger partial charge in [-0.3, -0.25) is 10.2 Å². The second-order valence-corrected chi connectivity index (χ2v) is 9.63. The number of hydrogen-bond donors (Lipinski definition) is 3. The van der Waals surface area contributed by atoms with Crippen molar-refractivity contribution < 1.29 is 22.7 Å². The molecule has 3 N–H and O–H groups in total. The number of carbonyl (C=O) groups excluding carboxylic acids is 1. The van der Waals surface area contributed by atoms with Gasteiger partial charge in [0.25, 0.3) is 5.91 Å². The highest BCUT2D eigenvalue weighted by molar-refractivity contribution is 7.89. The van der Waals surface area contributed by atoms with Crippen LogP contribution >= 0.6 is 0 Å². The summed E-state index contributed by atoms with van der Waals surface area (Å²) >= 11 is 0. The molecule has 1 saturated heterocycles.